The number of amides is 1. The van der Waals surface area contributed by atoms with E-state index in [1.54, 1.807) is 18.0 Å². The quantitative estimate of drug-likeness (QED) is 0.436. The molecule has 0 radical (unpaired) electrons. The van der Waals surface area contributed by atoms with Gasteiger partial charge in [0.1, 0.15) is 11.4 Å². The molecule has 0 aliphatic carbocycles. The van der Waals surface area contributed by atoms with Gasteiger partial charge in [-0.3, -0.25) is 4.79 Å². The highest BCUT2D eigenvalue weighted by atomic mass is 16.5. The summed E-state index contributed by atoms with van der Waals surface area (Å²) in [5, 5.41) is 7.86. The minimum absolute atomic E-state index is 0.0178. The molecule has 0 saturated carbocycles. The largest absolute Gasteiger partial charge is 0.497 e. The molecule has 33 heavy (non-hydrogen) atoms. The van der Waals surface area contributed by atoms with Crippen LogP contribution in [0.4, 0.5) is 0 Å². The van der Waals surface area contributed by atoms with E-state index >= 15 is 0 Å². The first-order valence-corrected chi connectivity index (χ1v) is 10.9. The Bertz CT molecular complexity index is 1190. The van der Waals surface area contributed by atoms with Gasteiger partial charge in [0, 0.05) is 18.3 Å². The van der Waals surface area contributed by atoms with Crippen molar-refractivity contribution in [1.29, 1.82) is 0 Å². The molecule has 4 rings (SSSR count). The van der Waals surface area contributed by atoms with Gasteiger partial charge < -0.3 is 15.0 Å². The van der Waals surface area contributed by atoms with Gasteiger partial charge in [0.05, 0.1) is 24.4 Å². The van der Waals surface area contributed by atoms with Crippen LogP contribution in [-0.4, -0.2) is 48.3 Å². The molecule has 1 N–H and O–H groups in total. The number of nitrogens with one attached hydrogen (secondary N) is 1. The molecular formula is C27H28N4O2. The van der Waals surface area contributed by atoms with Crippen LogP contribution in [0.1, 0.15) is 22.0 Å². The summed E-state index contributed by atoms with van der Waals surface area (Å²) in [6.07, 6.45) is 1.80. The summed E-state index contributed by atoms with van der Waals surface area (Å²) in [5.74, 6) is 0.650. The fraction of sp³-hybridized carbons (Fsp3) is 0.185. The van der Waals surface area contributed by atoms with E-state index in [2.05, 4.69) is 10.2 Å². The number of methoxy groups -OCH3 is 1. The van der Waals surface area contributed by atoms with Gasteiger partial charge >= 0.3 is 0 Å². The van der Waals surface area contributed by atoms with Crippen LogP contribution in [0.15, 0.2) is 91.1 Å². The summed E-state index contributed by atoms with van der Waals surface area (Å²) in [5.41, 5.74) is 4.10. The van der Waals surface area contributed by atoms with Crippen molar-refractivity contribution in [3.63, 3.8) is 0 Å². The number of benzene rings is 3. The lowest BCUT2D eigenvalue weighted by Crippen LogP contribution is -2.34. The maximum atomic E-state index is 13.3. The number of likely N-dealkylation sites (N-methyl/N-ethyl adjacent to an activating group) is 1. The lowest BCUT2D eigenvalue weighted by Gasteiger charge is -2.25. The van der Waals surface area contributed by atoms with Gasteiger partial charge in [0.15, 0.2) is 0 Å². The first kappa shape index (κ1) is 22.3. The third-order valence-electron chi connectivity index (χ3n) is 5.61. The maximum Gasteiger partial charge on any atom is 0.255 e. The summed E-state index contributed by atoms with van der Waals surface area (Å²) in [7, 11) is 5.66. The van der Waals surface area contributed by atoms with E-state index in [0.717, 1.165) is 22.6 Å². The summed E-state index contributed by atoms with van der Waals surface area (Å²) in [6.45, 7) is 0.461. The lowest BCUT2D eigenvalue weighted by molar-refractivity contribution is 0.0942. The van der Waals surface area contributed by atoms with Crippen LogP contribution in [0.5, 0.6) is 5.75 Å². The monoisotopic (exact) mass is 440 g/mol. The number of carbonyl (C=O) groups is 1. The molecule has 0 bridgehead atoms. The van der Waals surface area contributed by atoms with E-state index in [1.165, 1.54) is 0 Å². The number of carbonyl (C=O) groups excluding carboxylic acids is 1. The highest BCUT2D eigenvalue weighted by molar-refractivity contribution is 6.00. The zero-order chi connectivity index (χ0) is 23.2. The highest BCUT2D eigenvalue weighted by Gasteiger charge is 2.21. The van der Waals surface area contributed by atoms with E-state index in [0.29, 0.717) is 17.8 Å². The Hall–Kier alpha value is -3.90. The second kappa shape index (κ2) is 10.1. The average molecular weight is 441 g/mol. The molecule has 6 heteroatoms. The van der Waals surface area contributed by atoms with E-state index in [9.17, 15) is 4.79 Å². The summed E-state index contributed by atoms with van der Waals surface area (Å²) in [4.78, 5) is 15.4. The Morgan fingerprint density at radius 2 is 1.61 bits per heavy atom. The fourth-order valence-electron chi connectivity index (χ4n) is 3.77. The Kier molecular flexibility index (Phi) is 6.86. The molecule has 4 aromatic rings. The van der Waals surface area contributed by atoms with Crippen LogP contribution >= 0.6 is 0 Å². The zero-order valence-electron chi connectivity index (χ0n) is 19.1. The molecule has 1 aromatic heterocycles. The molecule has 0 fully saturated rings. The predicted octanol–water partition coefficient (Wildman–Crippen LogP) is 4.58. The van der Waals surface area contributed by atoms with Crippen LogP contribution in [0.3, 0.4) is 0 Å². The normalized spacial score (nSPS) is 11.9. The standard InChI is InChI=1S/C27H28N4O2/c1-30(2)25(20-14-16-23(33-3)17-15-20)18-28-27(32)24-19-31(22-12-8-5-9-13-22)29-26(24)21-10-6-4-7-11-21/h4-17,19,25H,18H2,1-3H3,(H,28,32)/t25-/m0/s1. The van der Waals surface area contributed by atoms with Crippen LogP contribution in [0, 0.1) is 0 Å². The van der Waals surface area contributed by atoms with Crippen molar-refractivity contribution in [2.45, 2.75) is 6.04 Å². The van der Waals surface area contributed by atoms with Gasteiger partial charge in [0.25, 0.3) is 5.91 Å². The Morgan fingerprint density at radius 1 is 0.970 bits per heavy atom. The third-order valence-corrected chi connectivity index (χ3v) is 5.61. The van der Waals surface area contributed by atoms with E-state index < -0.39 is 0 Å². The van der Waals surface area contributed by atoms with Crippen molar-refractivity contribution < 1.29 is 9.53 Å². The van der Waals surface area contributed by atoms with Gasteiger partial charge in [-0.05, 0) is 43.9 Å². The molecule has 1 atom stereocenters. The van der Waals surface area contributed by atoms with Crippen LogP contribution < -0.4 is 10.1 Å². The first-order valence-electron chi connectivity index (χ1n) is 10.9. The molecule has 0 unspecified atom stereocenters. The molecule has 6 nitrogen and oxygen atoms in total. The minimum atomic E-state index is -0.156. The van der Waals surface area contributed by atoms with Crippen molar-refractivity contribution >= 4 is 5.91 Å². The van der Waals surface area contributed by atoms with Gasteiger partial charge in [-0.25, -0.2) is 4.68 Å². The molecule has 1 amide bonds. The first-order chi connectivity index (χ1) is 16.1. The second-order valence-electron chi connectivity index (χ2n) is 8.00. The third kappa shape index (κ3) is 5.13. The number of hydrogen-bond donors (Lipinski definition) is 1. The molecular weight excluding hydrogens is 412 g/mol. The lowest BCUT2D eigenvalue weighted by atomic mass is 10.0. The van der Waals surface area contributed by atoms with Crippen molar-refractivity contribution in [3.8, 4) is 22.7 Å². The average Bonchev–Trinajstić information content (AvgIpc) is 3.31. The molecule has 0 aliphatic rings. The smallest absolute Gasteiger partial charge is 0.255 e. The molecule has 0 spiro atoms. The summed E-state index contributed by atoms with van der Waals surface area (Å²) < 4.78 is 7.02. The SMILES string of the molecule is COc1ccc([C@H](CNC(=O)c2cn(-c3ccccc3)nc2-c2ccccc2)N(C)C)cc1. The molecule has 168 valence electrons. The summed E-state index contributed by atoms with van der Waals surface area (Å²) >= 11 is 0. The fourth-order valence-corrected chi connectivity index (χ4v) is 3.77. The van der Waals surface area contributed by atoms with Crippen molar-refractivity contribution in [2.24, 2.45) is 0 Å². The van der Waals surface area contributed by atoms with Gasteiger partial charge in [0.2, 0.25) is 0 Å². The van der Waals surface area contributed by atoms with Gasteiger partial charge in [-0.1, -0.05) is 60.7 Å². The van der Waals surface area contributed by atoms with Gasteiger partial charge in [-0.15, -0.1) is 0 Å². The molecule has 0 saturated heterocycles. The number of aromatic nitrogens is 2. The number of rotatable bonds is 8. The Morgan fingerprint density at radius 3 is 2.21 bits per heavy atom. The maximum absolute atomic E-state index is 13.3. The van der Waals surface area contributed by atoms with Crippen molar-refractivity contribution in [1.82, 2.24) is 20.0 Å². The van der Waals surface area contributed by atoms with E-state index in [-0.39, 0.29) is 11.9 Å². The Labute approximate surface area is 194 Å². The van der Waals surface area contributed by atoms with Crippen molar-refractivity contribution in [2.75, 3.05) is 27.7 Å². The Balaban J connectivity index is 1.60. The van der Waals surface area contributed by atoms with E-state index in [1.807, 2.05) is 99.0 Å². The molecule has 3 aromatic carbocycles. The van der Waals surface area contributed by atoms with Gasteiger partial charge in [-0.2, -0.15) is 5.10 Å². The van der Waals surface area contributed by atoms with Crippen LogP contribution in [0.2, 0.25) is 0 Å². The number of hydrogen-bond acceptors (Lipinski definition) is 4. The molecule has 1 heterocycles. The molecule has 0 aliphatic heterocycles. The van der Waals surface area contributed by atoms with E-state index in [4.69, 9.17) is 9.84 Å². The van der Waals surface area contributed by atoms with Crippen LogP contribution in [-0.2, 0) is 0 Å². The topological polar surface area (TPSA) is 59.4 Å². The summed E-state index contributed by atoms with van der Waals surface area (Å²) in [6, 6.07) is 27.5. The van der Waals surface area contributed by atoms with Crippen molar-refractivity contribution in [3.05, 3.63) is 102 Å². The minimum Gasteiger partial charge on any atom is -0.497 e. The highest BCUT2D eigenvalue weighted by Crippen LogP contribution is 2.25. The predicted molar refractivity (Wildman–Crippen MR) is 131 cm³/mol. The number of ether oxygens (including phenoxy) is 1. The van der Waals surface area contributed by atoms with Crippen LogP contribution in [0.25, 0.3) is 16.9 Å². The number of nitrogens with zero attached hydrogens (tertiary/aromatic N) is 3. The second-order valence-corrected chi connectivity index (χ2v) is 8.00. The zero-order valence-corrected chi connectivity index (χ0v) is 19.1. The number of para-hydroxylation sites is 1.